The molecule has 0 aromatic heterocycles. The highest BCUT2D eigenvalue weighted by atomic mass is 16.5. The lowest BCUT2D eigenvalue weighted by atomic mass is 10.0. The minimum atomic E-state index is -1.21. The van der Waals surface area contributed by atoms with Crippen molar-refractivity contribution < 1.29 is 24.1 Å². The van der Waals surface area contributed by atoms with Crippen molar-refractivity contribution in [2.24, 2.45) is 10.2 Å². The molecule has 0 aliphatic rings. The molecule has 0 saturated carbocycles. The molecule has 0 fully saturated rings. The summed E-state index contributed by atoms with van der Waals surface area (Å²) in [6, 6.07) is 10.1. The number of carboxylic acid groups (broad SMARTS) is 1. The number of unbranched alkanes of at least 4 members (excludes halogenated alkanes) is 39. The maximum Gasteiger partial charge on any atom is 0.203 e. The van der Waals surface area contributed by atoms with Crippen molar-refractivity contribution in [2.45, 2.75) is 290 Å². The summed E-state index contributed by atoms with van der Waals surface area (Å²) in [5.74, 6) is 0.779. The smallest absolute Gasteiger partial charge is 0.203 e. The Hall–Kier alpha value is -3.09. The van der Waals surface area contributed by atoms with Gasteiger partial charge in [-0.05, 0) is 37.0 Å². The molecule has 68 heavy (non-hydrogen) atoms. The van der Waals surface area contributed by atoms with E-state index >= 15 is 0 Å². The van der Waals surface area contributed by atoms with E-state index in [2.05, 4.69) is 31.0 Å². The maximum absolute atomic E-state index is 11.3. The number of ether oxygens (including phenoxy) is 3. The molecular formula is C61H105N2O5-. The molecular weight excluding hydrogens is 841 g/mol. The fourth-order valence-corrected chi connectivity index (χ4v) is 9.19. The zero-order valence-electron chi connectivity index (χ0n) is 44.7. The van der Waals surface area contributed by atoms with Crippen LogP contribution in [0.25, 0.3) is 0 Å². The summed E-state index contributed by atoms with van der Waals surface area (Å²) in [4.78, 5) is 11.3. The van der Waals surface area contributed by atoms with Crippen LogP contribution < -0.4 is 19.3 Å². The summed E-state index contributed by atoms with van der Waals surface area (Å²) >= 11 is 0. The van der Waals surface area contributed by atoms with E-state index in [1.807, 2.05) is 12.1 Å². The molecule has 0 bridgehead atoms. The minimum absolute atomic E-state index is 0.114. The topological polar surface area (TPSA) is 92.5 Å². The second-order valence-corrected chi connectivity index (χ2v) is 20.1. The van der Waals surface area contributed by atoms with Gasteiger partial charge in [0.15, 0.2) is 11.5 Å². The standard InChI is InChI=1S/C61H106N2O5/c1-4-7-10-13-16-19-22-25-28-31-34-37-40-43-50-66-58-53-57(63-62-56-48-46-55(47-49-56)61(64)65)54-59(67-51-44-41-38-35-32-29-26-23-20-17-14-11-8-5-2)60(58)68-52-45-42-39-36-33-30-27-24-21-18-15-12-9-6-3/h46-49,53-54H,4-45,50-52H2,1-3H3,(H,64,65)/p-1. The van der Waals surface area contributed by atoms with E-state index in [4.69, 9.17) is 14.2 Å². The van der Waals surface area contributed by atoms with Crippen LogP contribution in [0.5, 0.6) is 17.2 Å². The lowest BCUT2D eigenvalue weighted by Crippen LogP contribution is -2.21. The molecule has 2 aromatic carbocycles. The van der Waals surface area contributed by atoms with Crippen LogP contribution in [0, 0.1) is 0 Å². The maximum atomic E-state index is 11.3. The van der Waals surface area contributed by atoms with Gasteiger partial charge in [-0.1, -0.05) is 283 Å². The van der Waals surface area contributed by atoms with Gasteiger partial charge in [-0.15, -0.1) is 0 Å². The molecule has 0 unspecified atom stereocenters. The first-order valence-corrected chi connectivity index (χ1v) is 29.4. The number of carbonyl (C=O) groups excluding carboxylic acids is 1. The van der Waals surface area contributed by atoms with Crippen LogP contribution in [0.1, 0.15) is 301 Å². The first-order chi connectivity index (χ1) is 33.6. The highest BCUT2D eigenvalue weighted by molar-refractivity contribution is 5.86. The van der Waals surface area contributed by atoms with Gasteiger partial charge >= 0.3 is 0 Å². The molecule has 2 aromatic rings. The van der Waals surface area contributed by atoms with Crippen molar-refractivity contribution >= 4 is 17.3 Å². The summed E-state index contributed by atoms with van der Waals surface area (Å²) in [5.41, 5.74) is 1.29. The Balaban J connectivity index is 1.96. The average Bonchev–Trinajstić information content (AvgIpc) is 3.35. The number of benzene rings is 2. The van der Waals surface area contributed by atoms with Gasteiger partial charge in [-0.3, -0.25) is 0 Å². The van der Waals surface area contributed by atoms with E-state index in [0.29, 0.717) is 48.4 Å². The Morgan fingerprint density at radius 2 is 0.603 bits per heavy atom. The third-order valence-corrected chi connectivity index (χ3v) is 13.6. The Bertz CT molecular complexity index is 1390. The van der Waals surface area contributed by atoms with E-state index in [1.54, 1.807) is 12.1 Å². The molecule has 0 N–H and O–H groups in total. The van der Waals surface area contributed by atoms with Gasteiger partial charge in [0.05, 0.1) is 37.2 Å². The van der Waals surface area contributed by atoms with Gasteiger partial charge in [0.2, 0.25) is 5.75 Å². The van der Waals surface area contributed by atoms with Crippen molar-refractivity contribution in [3.05, 3.63) is 42.0 Å². The third-order valence-electron chi connectivity index (χ3n) is 13.6. The Morgan fingerprint density at radius 1 is 0.353 bits per heavy atom. The molecule has 0 atom stereocenters. The third kappa shape index (κ3) is 35.1. The van der Waals surface area contributed by atoms with Gasteiger partial charge in [-0.2, -0.15) is 10.2 Å². The molecule has 0 amide bonds. The predicted octanol–water partition coefficient (Wildman–Crippen LogP) is 20.0. The summed E-state index contributed by atoms with van der Waals surface area (Å²) in [5, 5.41) is 20.3. The minimum Gasteiger partial charge on any atom is -0.545 e. The zero-order chi connectivity index (χ0) is 48.6. The Labute approximate surface area is 419 Å². The van der Waals surface area contributed by atoms with E-state index < -0.39 is 5.97 Å². The summed E-state index contributed by atoms with van der Waals surface area (Å²) in [7, 11) is 0. The number of rotatable bonds is 51. The Morgan fingerprint density at radius 3 is 0.882 bits per heavy atom. The van der Waals surface area contributed by atoms with Crippen LogP contribution in [0.4, 0.5) is 11.4 Å². The highest BCUT2D eigenvalue weighted by Gasteiger charge is 2.17. The lowest BCUT2D eigenvalue weighted by Gasteiger charge is -2.18. The van der Waals surface area contributed by atoms with Crippen molar-refractivity contribution in [3.8, 4) is 17.2 Å². The molecule has 0 spiro atoms. The normalized spacial score (nSPS) is 11.5. The van der Waals surface area contributed by atoms with Crippen molar-refractivity contribution in [1.82, 2.24) is 0 Å². The molecule has 7 heteroatoms. The zero-order valence-corrected chi connectivity index (χ0v) is 44.7. The summed E-state index contributed by atoms with van der Waals surface area (Å²) < 4.78 is 19.7. The average molecular weight is 947 g/mol. The van der Waals surface area contributed by atoms with Gasteiger partial charge in [0.25, 0.3) is 0 Å². The monoisotopic (exact) mass is 946 g/mol. The van der Waals surface area contributed by atoms with Crippen LogP contribution in [-0.4, -0.2) is 25.8 Å². The molecule has 0 aliphatic heterocycles. The van der Waals surface area contributed by atoms with Crippen LogP contribution >= 0.6 is 0 Å². The number of carboxylic acids is 1. The first kappa shape index (κ1) is 61.0. The van der Waals surface area contributed by atoms with Crippen molar-refractivity contribution in [2.75, 3.05) is 19.8 Å². The molecule has 0 radical (unpaired) electrons. The van der Waals surface area contributed by atoms with E-state index in [9.17, 15) is 9.90 Å². The molecule has 2 rings (SSSR count). The SMILES string of the molecule is CCCCCCCCCCCCCCCCOc1cc(N=Nc2ccc(C(=O)[O-])cc2)cc(OCCCCCCCCCCCCCCCC)c1OCCCCCCCCCCCCCCCC. The van der Waals surface area contributed by atoms with E-state index in [-0.39, 0.29) is 5.56 Å². The highest BCUT2D eigenvalue weighted by Crippen LogP contribution is 2.42. The first-order valence-electron chi connectivity index (χ1n) is 29.4. The van der Waals surface area contributed by atoms with Gasteiger partial charge in [0.1, 0.15) is 0 Å². The summed E-state index contributed by atoms with van der Waals surface area (Å²) in [6.45, 7) is 8.70. The van der Waals surface area contributed by atoms with Gasteiger partial charge in [-0.25, -0.2) is 0 Å². The molecule has 7 nitrogen and oxygen atoms in total. The molecule has 0 saturated heterocycles. The van der Waals surface area contributed by atoms with Crippen LogP contribution in [0.3, 0.4) is 0 Å². The molecule has 0 heterocycles. The van der Waals surface area contributed by atoms with Crippen molar-refractivity contribution in [3.63, 3.8) is 0 Å². The van der Waals surface area contributed by atoms with Crippen LogP contribution in [0.2, 0.25) is 0 Å². The fourth-order valence-electron chi connectivity index (χ4n) is 9.19. The summed E-state index contributed by atoms with van der Waals surface area (Å²) in [6.07, 6.45) is 55.4. The molecule has 390 valence electrons. The number of hydrogen-bond donors (Lipinski definition) is 0. The van der Waals surface area contributed by atoms with Crippen molar-refractivity contribution in [1.29, 1.82) is 0 Å². The van der Waals surface area contributed by atoms with E-state index in [0.717, 1.165) is 38.5 Å². The second kappa shape index (κ2) is 46.3. The quantitative estimate of drug-likeness (QED) is 0.0487. The van der Waals surface area contributed by atoms with Crippen LogP contribution in [0.15, 0.2) is 46.6 Å². The number of aromatic carboxylic acids is 1. The molecule has 0 aliphatic carbocycles. The lowest BCUT2D eigenvalue weighted by molar-refractivity contribution is -0.255. The van der Waals surface area contributed by atoms with E-state index in [1.165, 1.54) is 243 Å². The predicted molar refractivity (Wildman–Crippen MR) is 289 cm³/mol. The van der Waals surface area contributed by atoms with Crippen LogP contribution in [-0.2, 0) is 0 Å². The second-order valence-electron chi connectivity index (χ2n) is 20.1. The number of azo groups is 1. The Kier molecular flexibility index (Phi) is 41.6. The largest absolute Gasteiger partial charge is 0.545 e. The number of nitrogens with zero attached hydrogens (tertiary/aromatic N) is 2. The van der Waals surface area contributed by atoms with Gasteiger partial charge < -0.3 is 24.1 Å². The number of hydrogen-bond acceptors (Lipinski definition) is 7. The fraction of sp³-hybridized carbons (Fsp3) is 0.787. The number of carbonyl (C=O) groups is 1. The van der Waals surface area contributed by atoms with Gasteiger partial charge in [0, 0.05) is 12.1 Å².